The van der Waals surface area contributed by atoms with Gasteiger partial charge in [0.2, 0.25) is 11.9 Å². The van der Waals surface area contributed by atoms with Crippen molar-refractivity contribution in [2.24, 2.45) is 5.73 Å². The summed E-state index contributed by atoms with van der Waals surface area (Å²) in [6.07, 6.45) is 1.86. The third-order valence-corrected chi connectivity index (χ3v) is 5.48. The monoisotopic (exact) mass is 438 g/mol. The van der Waals surface area contributed by atoms with Crippen molar-refractivity contribution in [3.05, 3.63) is 47.2 Å². The Hall–Kier alpha value is -2.09. The lowest BCUT2D eigenvalue weighted by Gasteiger charge is -2.36. The van der Waals surface area contributed by atoms with E-state index in [0.29, 0.717) is 25.6 Å². The predicted molar refractivity (Wildman–Crippen MR) is 120 cm³/mol. The van der Waals surface area contributed by atoms with Crippen molar-refractivity contribution in [2.75, 3.05) is 30.3 Å². The molecular formula is C20H28Cl2N6O. The summed E-state index contributed by atoms with van der Waals surface area (Å²) in [7, 11) is 0. The second kappa shape index (κ2) is 9.61. The van der Waals surface area contributed by atoms with E-state index < -0.39 is 0 Å². The molecule has 1 aliphatic heterocycles. The lowest BCUT2D eigenvalue weighted by atomic mass is 9.78. The molecule has 2 aromatic rings. The van der Waals surface area contributed by atoms with Crippen LogP contribution in [0.1, 0.15) is 35.6 Å². The van der Waals surface area contributed by atoms with Gasteiger partial charge in [-0.05, 0) is 25.3 Å². The molecule has 2 heterocycles. The molecule has 9 heteroatoms. The van der Waals surface area contributed by atoms with E-state index in [-0.39, 0.29) is 42.7 Å². The highest BCUT2D eigenvalue weighted by Gasteiger charge is 2.30. The number of benzene rings is 1. The van der Waals surface area contributed by atoms with E-state index in [1.165, 1.54) is 5.56 Å². The molecule has 0 spiro atoms. The largest absolute Gasteiger partial charge is 0.368 e. The molecule has 1 aromatic heterocycles. The zero-order chi connectivity index (χ0) is 19.0. The van der Waals surface area contributed by atoms with E-state index in [9.17, 15) is 4.79 Å². The van der Waals surface area contributed by atoms with Crippen LogP contribution in [0.15, 0.2) is 30.3 Å². The molecule has 29 heavy (non-hydrogen) atoms. The predicted octanol–water partition coefficient (Wildman–Crippen LogP) is 2.26. The third-order valence-electron chi connectivity index (χ3n) is 5.48. The second-order valence-electron chi connectivity index (χ2n) is 7.66. The van der Waals surface area contributed by atoms with Gasteiger partial charge >= 0.3 is 0 Å². The Morgan fingerprint density at radius 3 is 2.41 bits per heavy atom. The molecule has 1 aromatic carbocycles. The van der Waals surface area contributed by atoms with Crippen LogP contribution in [-0.4, -0.2) is 46.5 Å². The topological polar surface area (TPSA) is 101 Å². The first-order valence-electron chi connectivity index (χ1n) is 9.46. The summed E-state index contributed by atoms with van der Waals surface area (Å²) >= 11 is 0. The van der Waals surface area contributed by atoms with Gasteiger partial charge in [-0.25, -0.2) is 4.98 Å². The number of carbonyl (C=O) groups excluding carboxylic acids is 1. The number of nitrogens with two attached hydrogens (primary N) is 2. The van der Waals surface area contributed by atoms with Crippen molar-refractivity contribution in [2.45, 2.75) is 38.3 Å². The van der Waals surface area contributed by atoms with Gasteiger partial charge in [0.15, 0.2) is 0 Å². The summed E-state index contributed by atoms with van der Waals surface area (Å²) in [6, 6.07) is 10.5. The Morgan fingerprint density at radius 2 is 1.79 bits per heavy atom. The van der Waals surface area contributed by atoms with E-state index in [2.05, 4.69) is 41.2 Å². The number of nitrogens with zero attached hydrogens (tertiary/aromatic N) is 4. The first-order valence-corrected chi connectivity index (χ1v) is 9.46. The van der Waals surface area contributed by atoms with Crippen LogP contribution in [0.4, 0.5) is 11.8 Å². The van der Waals surface area contributed by atoms with Gasteiger partial charge in [0, 0.05) is 37.7 Å². The van der Waals surface area contributed by atoms with E-state index in [1.54, 1.807) is 0 Å². The number of hydrogen-bond donors (Lipinski definition) is 2. The quantitative estimate of drug-likeness (QED) is 0.758. The molecule has 0 bridgehead atoms. The Bertz CT molecular complexity index is 841. The summed E-state index contributed by atoms with van der Waals surface area (Å²) < 4.78 is 0. The number of aryl methyl sites for hydroxylation is 1. The number of aromatic nitrogens is 2. The molecule has 4 rings (SSSR count). The number of anilines is 2. The van der Waals surface area contributed by atoms with Crippen LogP contribution < -0.4 is 16.4 Å². The summed E-state index contributed by atoms with van der Waals surface area (Å²) in [4.78, 5) is 25.3. The molecule has 158 valence electrons. The molecule has 1 saturated carbocycles. The van der Waals surface area contributed by atoms with Gasteiger partial charge < -0.3 is 21.3 Å². The fourth-order valence-electron chi connectivity index (χ4n) is 3.73. The first kappa shape index (κ1) is 23.2. The van der Waals surface area contributed by atoms with Crippen LogP contribution in [0.2, 0.25) is 0 Å². The lowest BCUT2D eigenvalue weighted by molar-refractivity contribution is -0.131. The van der Waals surface area contributed by atoms with Crippen LogP contribution in [0, 0.1) is 6.92 Å². The number of piperazine rings is 1. The highest BCUT2D eigenvalue weighted by Crippen LogP contribution is 2.36. The minimum atomic E-state index is 0. The van der Waals surface area contributed by atoms with E-state index in [4.69, 9.17) is 11.5 Å². The number of halogens is 2. The fourth-order valence-corrected chi connectivity index (χ4v) is 3.73. The molecule has 0 unspecified atom stereocenters. The molecule has 1 amide bonds. The van der Waals surface area contributed by atoms with Gasteiger partial charge in [-0.1, -0.05) is 29.8 Å². The Balaban J connectivity index is 0.00000150. The molecule has 0 atom stereocenters. The van der Waals surface area contributed by atoms with Crippen LogP contribution >= 0.6 is 24.8 Å². The average Bonchev–Trinajstić information content (AvgIpc) is 2.62. The van der Waals surface area contributed by atoms with Crippen LogP contribution in [0.25, 0.3) is 0 Å². The number of hydrogen-bond acceptors (Lipinski definition) is 6. The van der Waals surface area contributed by atoms with Crippen LogP contribution in [-0.2, 0) is 11.3 Å². The van der Waals surface area contributed by atoms with Gasteiger partial charge in [0.05, 0.1) is 12.2 Å². The maximum absolute atomic E-state index is 12.7. The van der Waals surface area contributed by atoms with Crippen molar-refractivity contribution >= 4 is 42.5 Å². The number of amides is 1. The molecule has 1 saturated heterocycles. The highest BCUT2D eigenvalue weighted by atomic mass is 35.5. The van der Waals surface area contributed by atoms with Crippen molar-refractivity contribution < 1.29 is 4.79 Å². The molecule has 2 aliphatic rings. The maximum atomic E-state index is 12.7. The van der Waals surface area contributed by atoms with Gasteiger partial charge in [-0.3, -0.25) is 4.79 Å². The van der Waals surface area contributed by atoms with Crippen molar-refractivity contribution in [1.29, 1.82) is 0 Å². The van der Waals surface area contributed by atoms with Gasteiger partial charge in [0.25, 0.3) is 0 Å². The van der Waals surface area contributed by atoms with Crippen molar-refractivity contribution in [3.63, 3.8) is 0 Å². The third kappa shape index (κ3) is 5.29. The number of rotatable bonds is 4. The van der Waals surface area contributed by atoms with Crippen molar-refractivity contribution in [1.82, 2.24) is 14.9 Å². The zero-order valence-electron chi connectivity index (χ0n) is 16.5. The maximum Gasteiger partial charge on any atom is 0.242 e. The van der Waals surface area contributed by atoms with Gasteiger partial charge in [-0.2, -0.15) is 4.98 Å². The van der Waals surface area contributed by atoms with Crippen molar-refractivity contribution in [3.8, 4) is 0 Å². The summed E-state index contributed by atoms with van der Waals surface area (Å²) in [5.41, 5.74) is 15.1. The van der Waals surface area contributed by atoms with Gasteiger partial charge in [0.1, 0.15) is 5.82 Å². The van der Waals surface area contributed by atoms with Crippen LogP contribution in [0.3, 0.4) is 0 Å². The molecular weight excluding hydrogens is 411 g/mol. The fraction of sp³-hybridized carbons (Fsp3) is 0.450. The molecule has 2 fully saturated rings. The standard InChI is InChI=1S/C20H26N6O.2ClH/c1-13-2-4-14(5-3-13)11-26-7-6-25(12-19(26)27)18-10-17(23-20(22)24-18)15-8-16(21)9-15;;/h2-5,10,15-16H,6-9,11-12,21H2,1H3,(H2,22,23,24);2*1H. The summed E-state index contributed by atoms with van der Waals surface area (Å²) in [5.74, 6) is 1.45. The van der Waals surface area contributed by atoms with Gasteiger partial charge in [-0.15, -0.1) is 24.8 Å². The minimum Gasteiger partial charge on any atom is -0.368 e. The summed E-state index contributed by atoms with van der Waals surface area (Å²) in [5, 5.41) is 0. The average molecular weight is 439 g/mol. The molecule has 1 aliphatic carbocycles. The van der Waals surface area contributed by atoms with Crippen LogP contribution in [0.5, 0.6) is 0 Å². The Kier molecular flexibility index (Phi) is 7.68. The number of nitrogen functional groups attached to an aromatic ring is 1. The molecule has 4 N–H and O–H groups in total. The molecule has 7 nitrogen and oxygen atoms in total. The Labute approximate surface area is 183 Å². The summed E-state index contributed by atoms with van der Waals surface area (Å²) in [6.45, 7) is 4.42. The van der Waals surface area contributed by atoms with E-state index in [1.807, 2.05) is 15.9 Å². The zero-order valence-corrected chi connectivity index (χ0v) is 18.1. The SMILES string of the molecule is Cc1ccc(CN2CCN(c3cc(C4CC(N)C4)nc(N)n3)CC2=O)cc1.Cl.Cl. The molecule has 0 radical (unpaired) electrons. The smallest absolute Gasteiger partial charge is 0.242 e. The lowest BCUT2D eigenvalue weighted by Crippen LogP contribution is -2.50. The second-order valence-corrected chi connectivity index (χ2v) is 7.66. The normalized spacial score (nSPS) is 21.1. The minimum absolute atomic E-state index is 0. The van der Waals surface area contributed by atoms with E-state index in [0.717, 1.165) is 36.5 Å². The van der Waals surface area contributed by atoms with E-state index >= 15 is 0 Å². The highest BCUT2D eigenvalue weighted by molar-refractivity contribution is 5.85. The number of carbonyl (C=O) groups is 1. The Morgan fingerprint density at radius 1 is 1.10 bits per heavy atom. The first-order chi connectivity index (χ1) is 13.0.